The lowest BCUT2D eigenvalue weighted by Gasteiger charge is -2.31. The summed E-state index contributed by atoms with van der Waals surface area (Å²) in [6.45, 7) is 3.49. The number of hydrogen-bond donors (Lipinski definition) is 0. The average Bonchev–Trinajstić information content (AvgIpc) is 3.02. The van der Waals surface area contributed by atoms with Crippen LogP contribution in [-0.2, 0) is 4.79 Å². The predicted molar refractivity (Wildman–Crippen MR) is 97.9 cm³/mol. The highest BCUT2D eigenvalue weighted by Gasteiger charge is 2.16. The normalized spacial score (nSPS) is 16.2. The number of rotatable bonds is 3. The Labute approximate surface area is 145 Å². The minimum atomic E-state index is 0.0933. The summed E-state index contributed by atoms with van der Waals surface area (Å²) in [6.07, 6.45) is 3.58. The van der Waals surface area contributed by atoms with Crippen LogP contribution in [0.1, 0.15) is 4.88 Å². The monoisotopic (exact) mass is 346 g/mol. The maximum atomic E-state index is 12.2. The average molecular weight is 347 g/mol. The van der Waals surface area contributed by atoms with E-state index >= 15 is 0 Å². The van der Waals surface area contributed by atoms with E-state index in [1.54, 1.807) is 17.4 Å². The van der Waals surface area contributed by atoms with Crippen molar-refractivity contribution in [3.8, 4) is 10.4 Å². The lowest BCUT2D eigenvalue weighted by atomic mass is 10.2. The van der Waals surface area contributed by atoms with Crippen LogP contribution in [0.15, 0.2) is 42.5 Å². The standard InChI is InChI=1S/C18H19ClN2OS/c1-20-9-11-21(12-10-20)18(22)8-6-16-5-7-17(23-16)14-3-2-4-15(19)13-14/h2-8,13H,9-12H2,1H3. The van der Waals surface area contributed by atoms with E-state index in [2.05, 4.69) is 18.0 Å². The minimum Gasteiger partial charge on any atom is -0.337 e. The highest BCUT2D eigenvalue weighted by atomic mass is 35.5. The van der Waals surface area contributed by atoms with Gasteiger partial charge < -0.3 is 9.80 Å². The van der Waals surface area contributed by atoms with E-state index in [0.29, 0.717) is 0 Å². The number of benzene rings is 1. The molecule has 0 N–H and O–H groups in total. The molecule has 0 bridgehead atoms. The van der Waals surface area contributed by atoms with Crippen LogP contribution >= 0.6 is 22.9 Å². The van der Waals surface area contributed by atoms with Crippen molar-refractivity contribution in [1.29, 1.82) is 0 Å². The number of thiophene rings is 1. The fourth-order valence-corrected chi connectivity index (χ4v) is 3.62. The van der Waals surface area contributed by atoms with Crippen LogP contribution in [0.4, 0.5) is 0 Å². The third-order valence-electron chi connectivity index (χ3n) is 3.94. The summed E-state index contributed by atoms with van der Waals surface area (Å²) >= 11 is 7.70. The third kappa shape index (κ3) is 4.22. The Balaban J connectivity index is 1.65. The van der Waals surface area contributed by atoms with Crippen LogP contribution in [0.5, 0.6) is 0 Å². The predicted octanol–water partition coefficient (Wildman–Crippen LogP) is 3.86. The Hall–Kier alpha value is -1.62. The van der Waals surface area contributed by atoms with Gasteiger partial charge in [-0.25, -0.2) is 0 Å². The Kier molecular flexibility index (Phi) is 5.16. The first-order valence-corrected chi connectivity index (χ1v) is 8.82. The molecule has 1 aliphatic rings. The topological polar surface area (TPSA) is 23.6 Å². The smallest absolute Gasteiger partial charge is 0.246 e. The van der Waals surface area contributed by atoms with Gasteiger partial charge in [0.05, 0.1) is 0 Å². The molecule has 0 unspecified atom stereocenters. The summed E-state index contributed by atoms with van der Waals surface area (Å²) in [7, 11) is 2.08. The van der Waals surface area contributed by atoms with E-state index in [1.165, 1.54) is 0 Å². The molecule has 1 amide bonds. The molecule has 0 saturated carbocycles. The van der Waals surface area contributed by atoms with Crippen LogP contribution in [0.2, 0.25) is 5.02 Å². The molecule has 2 heterocycles. The lowest BCUT2D eigenvalue weighted by Crippen LogP contribution is -2.46. The van der Waals surface area contributed by atoms with Gasteiger partial charge >= 0.3 is 0 Å². The van der Waals surface area contributed by atoms with Gasteiger partial charge in [-0.1, -0.05) is 23.7 Å². The first-order chi connectivity index (χ1) is 11.1. The molecule has 1 saturated heterocycles. The maximum absolute atomic E-state index is 12.2. The van der Waals surface area contributed by atoms with Crippen LogP contribution in [0, 0.1) is 0 Å². The SMILES string of the molecule is CN1CCN(C(=O)C=Cc2ccc(-c3cccc(Cl)c3)s2)CC1. The zero-order chi connectivity index (χ0) is 16.2. The fourth-order valence-electron chi connectivity index (χ4n) is 2.52. The van der Waals surface area contributed by atoms with E-state index in [1.807, 2.05) is 41.3 Å². The third-order valence-corrected chi connectivity index (χ3v) is 5.28. The zero-order valence-corrected chi connectivity index (χ0v) is 14.6. The molecule has 3 nitrogen and oxygen atoms in total. The van der Waals surface area contributed by atoms with Gasteiger partial charge in [-0.05, 0) is 43.0 Å². The number of piperazine rings is 1. The quantitative estimate of drug-likeness (QED) is 0.788. The van der Waals surface area contributed by atoms with Crippen LogP contribution < -0.4 is 0 Å². The van der Waals surface area contributed by atoms with Gasteiger partial charge in [-0.3, -0.25) is 4.79 Å². The van der Waals surface area contributed by atoms with Crippen molar-refractivity contribution in [1.82, 2.24) is 9.80 Å². The molecular weight excluding hydrogens is 328 g/mol. The molecule has 23 heavy (non-hydrogen) atoms. The Morgan fingerprint density at radius 1 is 1.17 bits per heavy atom. The number of carbonyl (C=O) groups is 1. The number of likely N-dealkylation sites (N-methyl/N-ethyl adjacent to an activating group) is 1. The number of carbonyl (C=O) groups excluding carboxylic acids is 1. The summed E-state index contributed by atoms with van der Waals surface area (Å²) < 4.78 is 0. The summed E-state index contributed by atoms with van der Waals surface area (Å²) in [5.74, 6) is 0.0933. The van der Waals surface area contributed by atoms with Gasteiger partial charge in [0.1, 0.15) is 0 Å². The highest BCUT2D eigenvalue weighted by Crippen LogP contribution is 2.30. The van der Waals surface area contributed by atoms with Gasteiger partial charge in [0.25, 0.3) is 0 Å². The van der Waals surface area contributed by atoms with Crippen molar-refractivity contribution in [3.05, 3.63) is 52.4 Å². The van der Waals surface area contributed by atoms with E-state index in [-0.39, 0.29) is 5.91 Å². The fraction of sp³-hybridized carbons (Fsp3) is 0.278. The van der Waals surface area contributed by atoms with Crippen molar-refractivity contribution in [2.75, 3.05) is 33.2 Å². The molecule has 0 aliphatic carbocycles. The van der Waals surface area contributed by atoms with Crippen LogP contribution in [0.25, 0.3) is 16.5 Å². The van der Waals surface area contributed by atoms with Crippen LogP contribution in [-0.4, -0.2) is 48.9 Å². The van der Waals surface area contributed by atoms with Crippen LogP contribution in [0.3, 0.4) is 0 Å². The summed E-state index contributed by atoms with van der Waals surface area (Å²) in [4.78, 5) is 18.6. The number of nitrogens with zero attached hydrogens (tertiary/aromatic N) is 2. The number of amides is 1. The second kappa shape index (κ2) is 7.30. The lowest BCUT2D eigenvalue weighted by molar-refractivity contribution is -0.127. The molecule has 1 aliphatic heterocycles. The number of hydrogen-bond acceptors (Lipinski definition) is 3. The molecular formula is C18H19ClN2OS. The van der Waals surface area contributed by atoms with E-state index in [4.69, 9.17) is 11.6 Å². The first kappa shape index (κ1) is 16.2. The van der Waals surface area contributed by atoms with Gasteiger partial charge in [0, 0.05) is 47.0 Å². The van der Waals surface area contributed by atoms with Crippen molar-refractivity contribution < 1.29 is 4.79 Å². The second-order valence-electron chi connectivity index (χ2n) is 5.67. The summed E-state index contributed by atoms with van der Waals surface area (Å²) in [5, 5.41) is 0.734. The first-order valence-electron chi connectivity index (χ1n) is 7.63. The Morgan fingerprint density at radius 2 is 1.96 bits per heavy atom. The van der Waals surface area contributed by atoms with Gasteiger partial charge in [0.2, 0.25) is 5.91 Å². The summed E-state index contributed by atoms with van der Waals surface area (Å²) in [5.41, 5.74) is 1.10. The molecule has 1 aromatic carbocycles. The van der Waals surface area contributed by atoms with Crippen molar-refractivity contribution >= 4 is 34.9 Å². The zero-order valence-electron chi connectivity index (χ0n) is 13.0. The molecule has 2 aromatic rings. The molecule has 0 spiro atoms. The number of halogens is 1. The molecule has 5 heteroatoms. The van der Waals surface area contributed by atoms with Crippen molar-refractivity contribution in [2.24, 2.45) is 0 Å². The van der Waals surface area contributed by atoms with Gasteiger partial charge in [-0.15, -0.1) is 11.3 Å². The van der Waals surface area contributed by atoms with E-state index in [9.17, 15) is 4.79 Å². The molecule has 1 fully saturated rings. The Bertz CT molecular complexity index is 717. The largest absolute Gasteiger partial charge is 0.337 e. The second-order valence-corrected chi connectivity index (χ2v) is 7.23. The molecule has 0 atom stereocenters. The van der Waals surface area contributed by atoms with Gasteiger partial charge in [0.15, 0.2) is 0 Å². The molecule has 120 valence electrons. The van der Waals surface area contributed by atoms with Crippen molar-refractivity contribution in [3.63, 3.8) is 0 Å². The van der Waals surface area contributed by atoms with Gasteiger partial charge in [-0.2, -0.15) is 0 Å². The molecule has 0 radical (unpaired) electrons. The minimum absolute atomic E-state index is 0.0933. The van der Waals surface area contributed by atoms with Crippen molar-refractivity contribution in [2.45, 2.75) is 0 Å². The summed E-state index contributed by atoms with van der Waals surface area (Å²) in [6, 6.07) is 11.9. The van der Waals surface area contributed by atoms with E-state index < -0.39 is 0 Å². The molecule has 1 aromatic heterocycles. The Morgan fingerprint density at radius 3 is 2.70 bits per heavy atom. The molecule has 3 rings (SSSR count). The maximum Gasteiger partial charge on any atom is 0.246 e. The highest BCUT2D eigenvalue weighted by molar-refractivity contribution is 7.16. The van der Waals surface area contributed by atoms with E-state index in [0.717, 1.165) is 46.5 Å².